The SMILES string of the molecule is CCN(C)C(=O)c1ccc(C#CC(O)c2cc(SCc3ccc(N(C)C)cc3)c3c(c2)C(C)(C)CCC3(C)C)cc1. The molecule has 0 heterocycles. The van der Waals surface area contributed by atoms with Gasteiger partial charge in [0.2, 0.25) is 0 Å². The number of anilines is 1. The molecule has 0 saturated heterocycles. The minimum Gasteiger partial charge on any atom is -0.378 e. The number of amides is 1. The molecule has 0 aromatic heterocycles. The Hall–Kier alpha value is -3.20. The molecule has 0 saturated carbocycles. The van der Waals surface area contributed by atoms with Crippen LogP contribution in [0.2, 0.25) is 0 Å². The predicted octanol–water partition coefficient (Wildman–Crippen LogP) is 7.57. The number of aliphatic hydroxyl groups excluding tert-OH is 1. The van der Waals surface area contributed by atoms with Crippen LogP contribution in [0.5, 0.6) is 0 Å². The highest BCUT2D eigenvalue weighted by molar-refractivity contribution is 7.98. The Morgan fingerprint density at radius 1 is 0.951 bits per heavy atom. The third-order valence-corrected chi connectivity index (χ3v) is 9.48. The molecule has 0 spiro atoms. The van der Waals surface area contributed by atoms with E-state index in [0.29, 0.717) is 12.1 Å². The molecule has 3 aromatic carbocycles. The number of nitrogens with zero attached hydrogens (tertiary/aromatic N) is 2. The first-order valence-corrected chi connectivity index (χ1v) is 15.4. The summed E-state index contributed by atoms with van der Waals surface area (Å²) in [5.74, 6) is 7.04. The van der Waals surface area contributed by atoms with Crippen LogP contribution in [0.4, 0.5) is 5.69 Å². The zero-order chi connectivity index (χ0) is 29.9. The highest BCUT2D eigenvalue weighted by Crippen LogP contribution is 2.50. The highest BCUT2D eigenvalue weighted by atomic mass is 32.2. The third-order valence-electron chi connectivity index (χ3n) is 8.37. The summed E-state index contributed by atoms with van der Waals surface area (Å²) in [6.07, 6.45) is 1.33. The van der Waals surface area contributed by atoms with Crippen LogP contribution in [-0.2, 0) is 16.6 Å². The zero-order valence-electron chi connectivity index (χ0n) is 25.8. The molecule has 5 heteroatoms. The normalized spacial score (nSPS) is 15.7. The van der Waals surface area contributed by atoms with Gasteiger partial charge < -0.3 is 14.9 Å². The fraction of sp³-hybridized carbons (Fsp3) is 0.417. The molecule has 0 fully saturated rings. The van der Waals surface area contributed by atoms with Gasteiger partial charge >= 0.3 is 0 Å². The van der Waals surface area contributed by atoms with Crippen molar-refractivity contribution in [3.05, 3.63) is 94.0 Å². The average Bonchev–Trinajstić information content (AvgIpc) is 2.96. The molecule has 3 aromatic rings. The standard InChI is InChI=1S/C36H44N2O2S/c1-9-38(8)34(40)27-15-10-25(11-16-27)14-19-31(39)28-22-30-33(36(4,5)21-20-35(30,2)3)32(23-28)41-24-26-12-17-29(18-13-26)37(6)7/h10-13,15-18,22-23,31,39H,9,20-21,24H2,1-8H3. The van der Waals surface area contributed by atoms with Gasteiger partial charge in [-0.25, -0.2) is 0 Å². The molecular weight excluding hydrogens is 524 g/mol. The summed E-state index contributed by atoms with van der Waals surface area (Å²) in [6.45, 7) is 11.9. The van der Waals surface area contributed by atoms with Gasteiger partial charge in [-0.05, 0) is 95.3 Å². The summed E-state index contributed by atoms with van der Waals surface area (Å²) in [6, 6.07) is 20.4. The van der Waals surface area contributed by atoms with Crippen LogP contribution in [0, 0.1) is 11.8 Å². The molecule has 4 rings (SSSR count). The Bertz CT molecular complexity index is 1440. The van der Waals surface area contributed by atoms with E-state index in [1.54, 1.807) is 24.1 Å². The van der Waals surface area contributed by atoms with Crippen LogP contribution in [0.3, 0.4) is 0 Å². The second kappa shape index (κ2) is 12.3. The largest absolute Gasteiger partial charge is 0.378 e. The van der Waals surface area contributed by atoms with E-state index < -0.39 is 6.10 Å². The van der Waals surface area contributed by atoms with Gasteiger partial charge in [0.1, 0.15) is 6.10 Å². The van der Waals surface area contributed by atoms with Gasteiger partial charge in [-0.15, -0.1) is 11.8 Å². The topological polar surface area (TPSA) is 43.8 Å². The van der Waals surface area contributed by atoms with E-state index in [1.165, 1.54) is 27.3 Å². The maximum Gasteiger partial charge on any atom is 0.253 e. The second-order valence-corrected chi connectivity index (χ2v) is 13.6. The minimum absolute atomic E-state index is 0.00897. The second-order valence-electron chi connectivity index (χ2n) is 12.6. The number of carbonyl (C=O) groups excluding carboxylic acids is 1. The first kappa shape index (κ1) is 30.8. The molecule has 1 atom stereocenters. The van der Waals surface area contributed by atoms with E-state index in [0.717, 1.165) is 29.7 Å². The van der Waals surface area contributed by atoms with Gasteiger partial charge in [-0.2, -0.15) is 0 Å². The molecule has 1 N–H and O–H groups in total. The zero-order valence-corrected chi connectivity index (χ0v) is 26.7. The van der Waals surface area contributed by atoms with Crippen molar-refractivity contribution in [1.82, 2.24) is 4.90 Å². The van der Waals surface area contributed by atoms with E-state index in [4.69, 9.17) is 0 Å². The fourth-order valence-electron chi connectivity index (χ4n) is 5.37. The van der Waals surface area contributed by atoms with Crippen molar-refractivity contribution < 1.29 is 9.90 Å². The first-order chi connectivity index (χ1) is 19.3. The Kier molecular flexibility index (Phi) is 9.26. The van der Waals surface area contributed by atoms with E-state index in [9.17, 15) is 9.90 Å². The Labute approximate surface area is 251 Å². The number of benzene rings is 3. The van der Waals surface area contributed by atoms with Gasteiger partial charge in [-0.1, -0.05) is 57.7 Å². The molecule has 1 amide bonds. The summed E-state index contributed by atoms with van der Waals surface area (Å²) in [5, 5.41) is 11.3. The van der Waals surface area contributed by atoms with E-state index in [1.807, 2.05) is 30.8 Å². The summed E-state index contributed by atoms with van der Waals surface area (Å²) < 4.78 is 0. The molecule has 1 unspecified atom stereocenters. The molecule has 0 radical (unpaired) electrons. The van der Waals surface area contributed by atoms with Crippen molar-refractivity contribution in [2.75, 3.05) is 32.6 Å². The van der Waals surface area contributed by atoms with Crippen molar-refractivity contribution in [3.63, 3.8) is 0 Å². The Morgan fingerprint density at radius 3 is 2.20 bits per heavy atom. The predicted molar refractivity (Wildman–Crippen MR) is 173 cm³/mol. The maximum absolute atomic E-state index is 12.4. The average molecular weight is 569 g/mol. The lowest BCUT2D eigenvalue weighted by Crippen LogP contribution is -2.34. The van der Waals surface area contributed by atoms with Gasteiger partial charge in [0.05, 0.1) is 0 Å². The van der Waals surface area contributed by atoms with Gasteiger partial charge in [0, 0.05) is 55.2 Å². The molecule has 1 aliphatic rings. The summed E-state index contributed by atoms with van der Waals surface area (Å²) in [4.78, 5) is 17.4. The van der Waals surface area contributed by atoms with Gasteiger partial charge in [0.15, 0.2) is 0 Å². The van der Waals surface area contributed by atoms with Crippen molar-refractivity contribution >= 4 is 23.4 Å². The van der Waals surface area contributed by atoms with Crippen LogP contribution < -0.4 is 4.90 Å². The Morgan fingerprint density at radius 2 is 1.59 bits per heavy atom. The number of fused-ring (bicyclic) bond motifs is 1. The van der Waals surface area contributed by atoms with E-state index in [-0.39, 0.29) is 16.7 Å². The van der Waals surface area contributed by atoms with E-state index >= 15 is 0 Å². The highest BCUT2D eigenvalue weighted by Gasteiger charge is 2.39. The summed E-state index contributed by atoms with van der Waals surface area (Å²) in [7, 11) is 5.91. The summed E-state index contributed by atoms with van der Waals surface area (Å²) >= 11 is 1.85. The quantitative estimate of drug-likeness (QED) is 0.236. The molecule has 216 valence electrons. The molecule has 1 aliphatic carbocycles. The molecule has 4 nitrogen and oxygen atoms in total. The number of hydrogen-bond donors (Lipinski definition) is 1. The van der Waals surface area contributed by atoms with Crippen molar-refractivity contribution in [2.45, 2.75) is 75.0 Å². The summed E-state index contributed by atoms with van der Waals surface area (Å²) in [5.41, 5.74) is 7.52. The van der Waals surface area contributed by atoms with Crippen LogP contribution in [0.15, 0.2) is 65.6 Å². The molecule has 41 heavy (non-hydrogen) atoms. The van der Waals surface area contributed by atoms with E-state index in [2.05, 4.69) is 94.9 Å². The monoisotopic (exact) mass is 568 g/mol. The van der Waals surface area contributed by atoms with Crippen LogP contribution >= 0.6 is 11.8 Å². The van der Waals surface area contributed by atoms with Crippen LogP contribution in [0.1, 0.15) is 91.7 Å². The van der Waals surface area contributed by atoms with Crippen molar-refractivity contribution in [2.24, 2.45) is 0 Å². The van der Waals surface area contributed by atoms with Gasteiger partial charge in [0.25, 0.3) is 5.91 Å². The maximum atomic E-state index is 12.4. The number of aliphatic hydroxyl groups is 1. The minimum atomic E-state index is -0.910. The lowest BCUT2D eigenvalue weighted by Gasteiger charge is -2.43. The first-order valence-electron chi connectivity index (χ1n) is 14.5. The van der Waals surface area contributed by atoms with Gasteiger partial charge in [-0.3, -0.25) is 4.79 Å². The lowest BCUT2D eigenvalue weighted by atomic mass is 9.63. The molecule has 0 aliphatic heterocycles. The van der Waals surface area contributed by atoms with Crippen LogP contribution in [-0.4, -0.2) is 43.6 Å². The number of rotatable bonds is 7. The lowest BCUT2D eigenvalue weighted by molar-refractivity contribution is 0.0802. The number of carbonyl (C=O) groups is 1. The number of thioether (sulfide) groups is 1. The smallest absolute Gasteiger partial charge is 0.253 e. The third kappa shape index (κ3) is 7.00. The molecular formula is C36H44N2O2S. The molecule has 0 bridgehead atoms. The van der Waals surface area contributed by atoms with Crippen molar-refractivity contribution in [1.29, 1.82) is 0 Å². The fourth-order valence-corrected chi connectivity index (χ4v) is 6.64. The van der Waals surface area contributed by atoms with Crippen LogP contribution in [0.25, 0.3) is 0 Å². The number of hydrogen-bond acceptors (Lipinski definition) is 4. The van der Waals surface area contributed by atoms with Crippen molar-refractivity contribution in [3.8, 4) is 11.8 Å². The Balaban J connectivity index is 1.65.